The summed E-state index contributed by atoms with van der Waals surface area (Å²) in [6, 6.07) is 0. The topological polar surface area (TPSA) is 34.1 Å². The standard InChI is InChI=1S/C20H24O2/c1-12-10-14-15-4-5-18(22)20(15,3)9-7-16(14)19(2)8-6-13(21)11-17(12)19/h6,8,11,14-16H,1,4-5,7,9-10H2,2-3H3/t14?,15?,16?,19-,20-/m0/s1. The SMILES string of the molecule is C=C1CC2C(CC[C@]3(C)C(=O)CCC23)[C@]2(C)C=CC(=O)C=C12. The lowest BCUT2D eigenvalue weighted by atomic mass is 9.48. The van der Waals surface area contributed by atoms with Gasteiger partial charge in [0.05, 0.1) is 0 Å². The summed E-state index contributed by atoms with van der Waals surface area (Å²) in [5.41, 5.74) is 2.09. The van der Waals surface area contributed by atoms with Crippen molar-refractivity contribution in [2.24, 2.45) is 28.6 Å². The van der Waals surface area contributed by atoms with E-state index in [4.69, 9.17) is 0 Å². The zero-order valence-electron chi connectivity index (χ0n) is 13.5. The van der Waals surface area contributed by atoms with Crippen LogP contribution in [0, 0.1) is 28.6 Å². The molecule has 0 aromatic rings. The number of Topliss-reactive ketones (excluding diaryl/α,β-unsaturated/α-hetero) is 1. The highest BCUT2D eigenvalue weighted by molar-refractivity contribution is 6.02. The molecule has 0 radical (unpaired) electrons. The minimum atomic E-state index is -0.104. The highest BCUT2D eigenvalue weighted by Crippen LogP contribution is 2.64. The molecule has 2 heteroatoms. The van der Waals surface area contributed by atoms with Crippen molar-refractivity contribution < 1.29 is 9.59 Å². The molecule has 116 valence electrons. The van der Waals surface area contributed by atoms with Crippen LogP contribution in [0.5, 0.6) is 0 Å². The highest BCUT2D eigenvalue weighted by Gasteiger charge is 2.59. The van der Waals surface area contributed by atoms with Crippen molar-refractivity contribution >= 4 is 11.6 Å². The molecule has 2 nitrogen and oxygen atoms in total. The van der Waals surface area contributed by atoms with E-state index in [1.807, 2.05) is 0 Å². The Balaban J connectivity index is 1.78. The largest absolute Gasteiger partial charge is 0.299 e. The van der Waals surface area contributed by atoms with Gasteiger partial charge in [0.1, 0.15) is 5.78 Å². The summed E-state index contributed by atoms with van der Waals surface area (Å²) in [5.74, 6) is 2.14. The Morgan fingerprint density at radius 1 is 1.18 bits per heavy atom. The summed E-state index contributed by atoms with van der Waals surface area (Å²) < 4.78 is 0. The van der Waals surface area contributed by atoms with Gasteiger partial charge in [-0.2, -0.15) is 0 Å². The van der Waals surface area contributed by atoms with Gasteiger partial charge < -0.3 is 0 Å². The van der Waals surface area contributed by atoms with Crippen LogP contribution in [0.3, 0.4) is 0 Å². The van der Waals surface area contributed by atoms with Gasteiger partial charge in [0, 0.05) is 17.3 Å². The van der Waals surface area contributed by atoms with Gasteiger partial charge in [-0.05, 0) is 61.2 Å². The first-order valence-corrected chi connectivity index (χ1v) is 8.53. The molecule has 0 spiro atoms. The first kappa shape index (κ1) is 14.2. The van der Waals surface area contributed by atoms with Gasteiger partial charge >= 0.3 is 0 Å². The molecule has 0 heterocycles. The van der Waals surface area contributed by atoms with E-state index < -0.39 is 0 Å². The summed E-state index contributed by atoms with van der Waals surface area (Å²) in [6.07, 6.45) is 10.5. The van der Waals surface area contributed by atoms with E-state index in [2.05, 4.69) is 26.5 Å². The summed E-state index contributed by atoms with van der Waals surface area (Å²) in [4.78, 5) is 24.2. The molecule has 3 saturated carbocycles. The quantitative estimate of drug-likeness (QED) is 0.676. The van der Waals surface area contributed by atoms with Crippen LogP contribution in [0.25, 0.3) is 0 Å². The van der Waals surface area contributed by atoms with Crippen LogP contribution in [-0.2, 0) is 9.59 Å². The molecule has 5 atom stereocenters. The fourth-order valence-electron chi connectivity index (χ4n) is 5.98. The van der Waals surface area contributed by atoms with Crippen molar-refractivity contribution in [3.05, 3.63) is 36.0 Å². The first-order chi connectivity index (χ1) is 10.4. The third-order valence-corrected chi connectivity index (χ3v) is 7.24. The molecule has 0 saturated heterocycles. The monoisotopic (exact) mass is 296 g/mol. The Morgan fingerprint density at radius 3 is 2.73 bits per heavy atom. The number of fused-ring (bicyclic) bond motifs is 5. The summed E-state index contributed by atoms with van der Waals surface area (Å²) >= 11 is 0. The number of carbonyl (C=O) groups excluding carboxylic acids is 2. The van der Waals surface area contributed by atoms with Gasteiger partial charge in [0.15, 0.2) is 5.78 Å². The van der Waals surface area contributed by atoms with Gasteiger partial charge in [0.25, 0.3) is 0 Å². The Labute approximate surface area is 132 Å². The Morgan fingerprint density at radius 2 is 1.95 bits per heavy atom. The van der Waals surface area contributed by atoms with Crippen LogP contribution in [0.1, 0.15) is 46.0 Å². The molecule has 3 unspecified atom stereocenters. The van der Waals surface area contributed by atoms with E-state index in [0.29, 0.717) is 23.5 Å². The molecule has 0 aromatic heterocycles. The average molecular weight is 296 g/mol. The predicted molar refractivity (Wildman–Crippen MR) is 86.1 cm³/mol. The number of hydrogen-bond acceptors (Lipinski definition) is 2. The van der Waals surface area contributed by atoms with Gasteiger partial charge in [0.2, 0.25) is 0 Å². The maximum atomic E-state index is 12.4. The molecule has 0 N–H and O–H groups in total. The van der Waals surface area contributed by atoms with Crippen molar-refractivity contribution in [3.63, 3.8) is 0 Å². The smallest absolute Gasteiger partial charge is 0.178 e. The number of ketones is 2. The average Bonchev–Trinajstić information content (AvgIpc) is 2.77. The normalized spacial score (nSPS) is 46.9. The van der Waals surface area contributed by atoms with Gasteiger partial charge in [-0.15, -0.1) is 0 Å². The van der Waals surface area contributed by atoms with Gasteiger partial charge in [-0.1, -0.05) is 32.1 Å². The fourth-order valence-corrected chi connectivity index (χ4v) is 5.98. The van der Waals surface area contributed by atoms with E-state index >= 15 is 0 Å². The van der Waals surface area contributed by atoms with Crippen LogP contribution in [0.4, 0.5) is 0 Å². The van der Waals surface area contributed by atoms with E-state index in [1.165, 1.54) is 0 Å². The second kappa shape index (κ2) is 4.31. The van der Waals surface area contributed by atoms with Crippen molar-refractivity contribution in [2.75, 3.05) is 0 Å². The molecule has 4 aliphatic carbocycles. The van der Waals surface area contributed by atoms with E-state index in [-0.39, 0.29) is 16.6 Å². The molecule has 22 heavy (non-hydrogen) atoms. The highest BCUT2D eigenvalue weighted by atomic mass is 16.1. The second-order valence-electron chi connectivity index (χ2n) is 8.18. The van der Waals surface area contributed by atoms with Gasteiger partial charge in [-0.25, -0.2) is 0 Å². The first-order valence-electron chi connectivity index (χ1n) is 8.53. The molecule has 3 fully saturated rings. The van der Waals surface area contributed by atoms with Crippen molar-refractivity contribution in [1.82, 2.24) is 0 Å². The summed E-state index contributed by atoms with van der Waals surface area (Å²) in [7, 11) is 0. The Bertz CT molecular complexity index is 653. The van der Waals surface area contributed by atoms with Crippen molar-refractivity contribution in [3.8, 4) is 0 Å². The zero-order valence-corrected chi connectivity index (χ0v) is 13.5. The Hall–Kier alpha value is -1.44. The molecular weight excluding hydrogens is 272 g/mol. The second-order valence-corrected chi connectivity index (χ2v) is 8.18. The third-order valence-electron chi connectivity index (χ3n) is 7.24. The van der Waals surface area contributed by atoms with E-state index in [0.717, 1.165) is 43.3 Å². The van der Waals surface area contributed by atoms with E-state index in [9.17, 15) is 9.59 Å². The predicted octanol–water partition coefficient (Wildman–Crippen LogP) is 4.03. The lowest BCUT2D eigenvalue weighted by Crippen LogP contribution is -2.50. The van der Waals surface area contributed by atoms with Crippen LogP contribution < -0.4 is 0 Å². The molecule has 0 amide bonds. The number of rotatable bonds is 0. The maximum Gasteiger partial charge on any atom is 0.178 e. The number of hydrogen-bond donors (Lipinski definition) is 0. The molecule has 4 aliphatic rings. The Kier molecular flexibility index (Phi) is 2.77. The van der Waals surface area contributed by atoms with Crippen LogP contribution in [0.2, 0.25) is 0 Å². The summed E-state index contributed by atoms with van der Waals surface area (Å²) in [5, 5.41) is 0. The number of allylic oxidation sites excluding steroid dienone is 5. The van der Waals surface area contributed by atoms with Crippen LogP contribution >= 0.6 is 0 Å². The summed E-state index contributed by atoms with van der Waals surface area (Å²) in [6.45, 7) is 8.75. The molecule has 0 aliphatic heterocycles. The molecule has 0 bridgehead atoms. The third kappa shape index (κ3) is 1.61. The molecule has 4 rings (SSSR count). The van der Waals surface area contributed by atoms with Crippen molar-refractivity contribution in [2.45, 2.75) is 46.0 Å². The van der Waals surface area contributed by atoms with Gasteiger partial charge in [-0.3, -0.25) is 9.59 Å². The van der Waals surface area contributed by atoms with Crippen molar-refractivity contribution in [1.29, 1.82) is 0 Å². The van der Waals surface area contributed by atoms with Crippen LogP contribution in [0.15, 0.2) is 36.0 Å². The zero-order chi connectivity index (χ0) is 15.7. The molecule has 0 aromatic carbocycles. The van der Waals surface area contributed by atoms with E-state index in [1.54, 1.807) is 12.2 Å². The number of carbonyl (C=O) groups is 2. The minimum absolute atomic E-state index is 0.0686. The maximum absolute atomic E-state index is 12.4. The molecular formula is C20H24O2. The minimum Gasteiger partial charge on any atom is -0.299 e. The van der Waals surface area contributed by atoms with Crippen LogP contribution in [-0.4, -0.2) is 11.6 Å². The fraction of sp³-hybridized carbons (Fsp3) is 0.600. The lowest BCUT2D eigenvalue weighted by molar-refractivity contribution is -0.131. The lowest BCUT2D eigenvalue weighted by Gasteiger charge is -2.56.